The van der Waals surface area contributed by atoms with Gasteiger partial charge in [0.05, 0.1) is 0 Å². The van der Waals surface area contributed by atoms with Crippen LogP contribution < -0.4 is 5.73 Å². The number of primary amides is 1. The molecule has 3 rings (SSSR count). The van der Waals surface area contributed by atoms with Crippen LogP contribution in [0.2, 0.25) is 0 Å². The maximum absolute atomic E-state index is 12.8. The number of hydrogen-bond donors (Lipinski definition) is 1. The maximum Gasteiger partial charge on any atom is 0.253 e. The molecule has 5 nitrogen and oxygen atoms in total. The largest absolute Gasteiger partial charge is 0.366 e. The highest BCUT2D eigenvalue weighted by atomic mass is 16.2. The summed E-state index contributed by atoms with van der Waals surface area (Å²) in [7, 11) is 2.19. The summed E-state index contributed by atoms with van der Waals surface area (Å²) in [6.07, 6.45) is 6.15. The van der Waals surface area contributed by atoms with Gasteiger partial charge in [0.1, 0.15) is 0 Å². The Morgan fingerprint density at radius 1 is 1.00 bits per heavy atom. The van der Waals surface area contributed by atoms with Gasteiger partial charge in [0.15, 0.2) is 0 Å². The normalized spacial score (nSPS) is 21.3. The zero-order valence-corrected chi connectivity index (χ0v) is 13.8. The Balaban J connectivity index is 1.75. The smallest absolute Gasteiger partial charge is 0.253 e. The summed E-state index contributed by atoms with van der Waals surface area (Å²) in [5.41, 5.74) is 6.47. The number of carbonyl (C=O) groups is 2. The summed E-state index contributed by atoms with van der Waals surface area (Å²) >= 11 is 0. The minimum atomic E-state index is -0.468. The van der Waals surface area contributed by atoms with E-state index in [1.165, 1.54) is 32.1 Å². The van der Waals surface area contributed by atoms with Crippen LogP contribution in [0.15, 0.2) is 24.3 Å². The van der Waals surface area contributed by atoms with Crippen molar-refractivity contribution in [3.05, 3.63) is 35.4 Å². The molecule has 1 aromatic carbocycles. The first kappa shape index (κ1) is 16.0. The molecule has 2 aliphatic rings. The Kier molecular flexibility index (Phi) is 4.39. The fraction of sp³-hybridized carbons (Fsp3) is 0.556. The molecule has 0 bridgehead atoms. The van der Waals surface area contributed by atoms with Gasteiger partial charge in [-0.1, -0.05) is 19.3 Å². The second-order valence-corrected chi connectivity index (χ2v) is 6.87. The Morgan fingerprint density at radius 2 is 1.61 bits per heavy atom. The van der Waals surface area contributed by atoms with Crippen molar-refractivity contribution in [2.75, 3.05) is 26.7 Å². The molecule has 2 N–H and O–H groups in total. The lowest BCUT2D eigenvalue weighted by Gasteiger charge is -2.51. The number of hydrogen-bond acceptors (Lipinski definition) is 3. The number of amides is 2. The SMILES string of the molecule is CN1CCN(C(=O)c2ccc(C(N)=O)cc2)CC12CCCCC2. The predicted molar refractivity (Wildman–Crippen MR) is 89.3 cm³/mol. The average molecular weight is 315 g/mol. The van der Waals surface area contributed by atoms with E-state index < -0.39 is 5.91 Å². The van der Waals surface area contributed by atoms with E-state index >= 15 is 0 Å². The summed E-state index contributed by atoms with van der Waals surface area (Å²) in [5.74, 6) is -0.413. The van der Waals surface area contributed by atoms with Gasteiger partial charge in [-0.3, -0.25) is 14.5 Å². The third kappa shape index (κ3) is 3.11. The molecule has 1 aliphatic heterocycles. The summed E-state index contributed by atoms with van der Waals surface area (Å²) in [6.45, 7) is 2.49. The number of nitrogens with two attached hydrogens (primary N) is 1. The monoisotopic (exact) mass is 315 g/mol. The summed E-state index contributed by atoms with van der Waals surface area (Å²) in [6, 6.07) is 6.66. The molecule has 2 fully saturated rings. The van der Waals surface area contributed by atoms with Crippen LogP contribution in [0, 0.1) is 0 Å². The minimum absolute atomic E-state index is 0.0547. The number of benzene rings is 1. The zero-order chi connectivity index (χ0) is 16.4. The topological polar surface area (TPSA) is 66.6 Å². The van der Waals surface area contributed by atoms with E-state index in [2.05, 4.69) is 11.9 Å². The van der Waals surface area contributed by atoms with E-state index in [9.17, 15) is 9.59 Å². The van der Waals surface area contributed by atoms with E-state index in [4.69, 9.17) is 5.73 Å². The van der Waals surface area contributed by atoms with Gasteiger partial charge in [-0.25, -0.2) is 0 Å². The third-order valence-corrected chi connectivity index (χ3v) is 5.49. The van der Waals surface area contributed by atoms with Gasteiger partial charge in [0.2, 0.25) is 5.91 Å². The first-order valence-electron chi connectivity index (χ1n) is 8.42. The van der Waals surface area contributed by atoms with Crippen LogP contribution in [0.5, 0.6) is 0 Å². The summed E-state index contributed by atoms with van der Waals surface area (Å²) in [4.78, 5) is 28.4. The quantitative estimate of drug-likeness (QED) is 0.906. The minimum Gasteiger partial charge on any atom is -0.366 e. The molecule has 1 saturated heterocycles. The van der Waals surface area contributed by atoms with Gasteiger partial charge < -0.3 is 10.6 Å². The number of carbonyl (C=O) groups excluding carboxylic acids is 2. The van der Waals surface area contributed by atoms with Gasteiger partial charge in [-0.2, -0.15) is 0 Å². The standard InChI is InChI=1S/C18H25N3O2/c1-20-11-12-21(13-18(20)9-3-2-4-10-18)17(23)15-7-5-14(6-8-15)16(19)22/h5-8H,2-4,9-13H2,1H3,(H2,19,22). The molecular formula is C18H25N3O2. The second-order valence-electron chi connectivity index (χ2n) is 6.87. The van der Waals surface area contributed by atoms with Gasteiger partial charge in [-0.15, -0.1) is 0 Å². The van der Waals surface area contributed by atoms with Gasteiger partial charge in [0, 0.05) is 36.3 Å². The lowest BCUT2D eigenvalue weighted by atomic mass is 9.79. The molecule has 0 aromatic heterocycles. The molecule has 2 amide bonds. The lowest BCUT2D eigenvalue weighted by Crippen LogP contribution is -2.62. The first-order valence-corrected chi connectivity index (χ1v) is 8.42. The molecule has 23 heavy (non-hydrogen) atoms. The molecule has 124 valence electrons. The average Bonchev–Trinajstić information content (AvgIpc) is 2.58. The zero-order valence-electron chi connectivity index (χ0n) is 13.8. The van der Waals surface area contributed by atoms with Crippen molar-refractivity contribution in [3.8, 4) is 0 Å². The van der Waals surface area contributed by atoms with Crippen molar-refractivity contribution in [1.29, 1.82) is 0 Å². The Labute approximate surface area is 137 Å². The summed E-state index contributed by atoms with van der Waals surface area (Å²) < 4.78 is 0. The molecule has 1 saturated carbocycles. The highest BCUT2D eigenvalue weighted by molar-refractivity contribution is 5.97. The van der Waals surface area contributed by atoms with Crippen LogP contribution in [-0.2, 0) is 0 Å². The number of piperazine rings is 1. The third-order valence-electron chi connectivity index (χ3n) is 5.49. The van der Waals surface area contributed by atoms with Gasteiger partial charge >= 0.3 is 0 Å². The molecule has 1 aliphatic carbocycles. The molecule has 5 heteroatoms. The van der Waals surface area contributed by atoms with E-state index in [0.29, 0.717) is 11.1 Å². The number of nitrogens with zero attached hydrogens (tertiary/aromatic N) is 2. The van der Waals surface area contributed by atoms with Crippen LogP contribution in [0.4, 0.5) is 0 Å². The molecule has 0 unspecified atom stereocenters. The van der Waals surface area contributed by atoms with Crippen molar-refractivity contribution >= 4 is 11.8 Å². The molecule has 1 spiro atoms. The number of rotatable bonds is 2. The fourth-order valence-corrected chi connectivity index (χ4v) is 3.95. The molecule has 1 heterocycles. The van der Waals surface area contributed by atoms with Crippen LogP contribution in [0.1, 0.15) is 52.8 Å². The van der Waals surface area contributed by atoms with Crippen LogP contribution in [0.3, 0.4) is 0 Å². The van der Waals surface area contributed by atoms with Gasteiger partial charge in [-0.05, 0) is 44.2 Å². The molecule has 1 aromatic rings. The van der Waals surface area contributed by atoms with E-state index in [1.54, 1.807) is 24.3 Å². The second kappa shape index (κ2) is 6.32. The Bertz CT molecular complexity index is 591. The highest BCUT2D eigenvalue weighted by Gasteiger charge is 2.41. The Morgan fingerprint density at radius 3 is 2.22 bits per heavy atom. The van der Waals surface area contributed by atoms with E-state index in [0.717, 1.165) is 19.6 Å². The van der Waals surface area contributed by atoms with Crippen molar-refractivity contribution in [1.82, 2.24) is 9.80 Å². The van der Waals surface area contributed by atoms with Crippen LogP contribution in [-0.4, -0.2) is 53.8 Å². The van der Waals surface area contributed by atoms with Crippen LogP contribution in [0.25, 0.3) is 0 Å². The first-order chi connectivity index (χ1) is 11.0. The molecule has 0 atom stereocenters. The summed E-state index contributed by atoms with van der Waals surface area (Å²) in [5, 5.41) is 0. The number of likely N-dealkylation sites (N-methyl/N-ethyl adjacent to an activating group) is 1. The van der Waals surface area contributed by atoms with E-state index in [1.807, 2.05) is 4.90 Å². The van der Waals surface area contributed by atoms with Crippen LogP contribution >= 0.6 is 0 Å². The van der Waals surface area contributed by atoms with Gasteiger partial charge in [0.25, 0.3) is 5.91 Å². The van der Waals surface area contributed by atoms with Crippen molar-refractivity contribution in [3.63, 3.8) is 0 Å². The maximum atomic E-state index is 12.8. The highest BCUT2D eigenvalue weighted by Crippen LogP contribution is 2.35. The van der Waals surface area contributed by atoms with Crippen molar-refractivity contribution < 1.29 is 9.59 Å². The molecular weight excluding hydrogens is 290 g/mol. The van der Waals surface area contributed by atoms with Crippen molar-refractivity contribution in [2.45, 2.75) is 37.6 Å². The molecule has 0 radical (unpaired) electrons. The van der Waals surface area contributed by atoms with E-state index in [-0.39, 0.29) is 11.4 Å². The predicted octanol–water partition coefficient (Wildman–Crippen LogP) is 1.88. The lowest BCUT2D eigenvalue weighted by molar-refractivity contribution is -0.00472. The Hall–Kier alpha value is -1.88. The fourth-order valence-electron chi connectivity index (χ4n) is 3.95. The van der Waals surface area contributed by atoms with Crippen molar-refractivity contribution in [2.24, 2.45) is 5.73 Å².